The lowest BCUT2D eigenvalue weighted by Gasteiger charge is -2.28. The first kappa shape index (κ1) is 23.1. The highest BCUT2D eigenvalue weighted by Gasteiger charge is 2.46. The molecule has 2 atom stereocenters. The molecule has 1 aliphatic rings. The van der Waals surface area contributed by atoms with Crippen LogP contribution in [0, 0.1) is 0 Å². The van der Waals surface area contributed by atoms with Gasteiger partial charge in [-0.05, 0) is 34.1 Å². The van der Waals surface area contributed by atoms with Crippen molar-refractivity contribution in [2.24, 2.45) is 0 Å². The fourth-order valence-corrected chi connectivity index (χ4v) is 2.21. The van der Waals surface area contributed by atoms with Crippen molar-refractivity contribution in [2.75, 3.05) is 10.8 Å². The van der Waals surface area contributed by atoms with Crippen molar-refractivity contribution >= 4 is 17.5 Å². The standard InChI is InChI=1S/C16H21F6N5O2/c1-7(16(20,21)22)23-12-24-11(25-13(26-12)27-29-14(2,3)4)8-5-6-15(18,19)10(28)9(8)17/h7,10,28H,5-6H2,1-4H3,(H2,23,24,25,26,27)/t7-,10?/m0/s1. The average molecular weight is 429 g/mol. The Morgan fingerprint density at radius 2 is 1.72 bits per heavy atom. The van der Waals surface area contributed by atoms with E-state index in [2.05, 4.69) is 20.4 Å². The van der Waals surface area contributed by atoms with Crippen LogP contribution in [-0.2, 0) is 4.84 Å². The van der Waals surface area contributed by atoms with E-state index in [9.17, 15) is 31.4 Å². The molecule has 1 aromatic heterocycles. The quantitative estimate of drug-likeness (QED) is 0.484. The molecule has 1 heterocycles. The molecule has 0 aromatic carbocycles. The summed E-state index contributed by atoms with van der Waals surface area (Å²) in [4.78, 5) is 16.5. The van der Waals surface area contributed by atoms with E-state index in [4.69, 9.17) is 4.84 Å². The van der Waals surface area contributed by atoms with E-state index in [-0.39, 0.29) is 5.95 Å². The third-order valence-corrected chi connectivity index (χ3v) is 3.83. The van der Waals surface area contributed by atoms with Crippen LogP contribution in [0.3, 0.4) is 0 Å². The SMILES string of the molecule is C[C@H](Nc1nc(NOC(C)(C)C)nc(C2=C(F)C(O)C(F)(F)CC2)n1)C(F)(F)F. The lowest BCUT2D eigenvalue weighted by Crippen LogP contribution is -2.37. The number of hydrogen-bond donors (Lipinski definition) is 3. The van der Waals surface area contributed by atoms with Crippen LogP contribution in [0.25, 0.3) is 5.57 Å². The fraction of sp³-hybridized carbons (Fsp3) is 0.688. The van der Waals surface area contributed by atoms with Gasteiger partial charge in [-0.3, -0.25) is 4.84 Å². The Balaban J connectivity index is 2.45. The molecule has 0 radical (unpaired) electrons. The van der Waals surface area contributed by atoms with Gasteiger partial charge in [0.2, 0.25) is 5.95 Å². The zero-order valence-corrected chi connectivity index (χ0v) is 16.0. The number of aliphatic hydroxyl groups excluding tert-OH is 1. The van der Waals surface area contributed by atoms with Crippen LogP contribution in [0.5, 0.6) is 0 Å². The summed E-state index contributed by atoms with van der Waals surface area (Å²) in [6.45, 7) is 5.80. The van der Waals surface area contributed by atoms with Gasteiger partial charge in [0.15, 0.2) is 11.9 Å². The van der Waals surface area contributed by atoms with Crippen molar-refractivity contribution in [1.29, 1.82) is 0 Å². The molecular formula is C16H21F6N5O2. The highest BCUT2D eigenvalue weighted by molar-refractivity contribution is 5.65. The molecule has 0 amide bonds. The van der Waals surface area contributed by atoms with Crippen molar-refractivity contribution in [3.8, 4) is 0 Å². The zero-order valence-electron chi connectivity index (χ0n) is 16.0. The lowest BCUT2D eigenvalue weighted by atomic mass is 9.92. The number of halogens is 6. The van der Waals surface area contributed by atoms with Gasteiger partial charge in [-0.15, -0.1) is 0 Å². The number of anilines is 2. The van der Waals surface area contributed by atoms with Crippen LogP contribution >= 0.6 is 0 Å². The Kier molecular flexibility index (Phi) is 6.33. The Morgan fingerprint density at radius 1 is 1.14 bits per heavy atom. The molecule has 7 nitrogen and oxygen atoms in total. The molecule has 29 heavy (non-hydrogen) atoms. The second kappa shape index (κ2) is 7.94. The molecule has 1 aromatic rings. The van der Waals surface area contributed by atoms with Gasteiger partial charge in [-0.1, -0.05) is 0 Å². The minimum absolute atomic E-state index is 0.367. The van der Waals surface area contributed by atoms with Gasteiger partial charge in [-0.2, -0.15) is 28.1 Å². The molecule has 1 unspecified atom stereocenters. The largest absolute Gasteiger partial charge is 0.408 e. The number of allylic oxidation sites excluding steroid dienone is 1. The molecule has 164 valence electrons. The number of hydrogen-bond acceptors (Lipinski definition) is 7. The summed E-state index contributed by atoms with van der Waals surface area (Å²) < 4.78 is 79.8. The summed E-state index contributed by atoms with van der Waals surface area (Å²) in [5.74, 6) is -6.67. The number of alkyl halides is 5. The number of nitrogens with zero attached hydrogens (tertiary/aromatic N) is 3. The summed E-state index contributed by atoms with van der Waals surface area (Å²) in [6.07, 6.45) is -8.74. The van der Waals surface area contributed by atoms with Crippen LogP contribution in [-0.4, -0.2) is 49.9 Å². The Labute approximate surface area is 162 Å². The van der Waals surface area contributed by atoms with Gasteiger partial charge in [0, 0.05) is 12.0 Å². The third kappa shape index (κ3) is 5.92. The van der Waals surface area contributed by atoms with Gasteiger partial charge < -0.3 is 10.4 Å². The van der Waals surface area contributed by atoms with Gasteiger partial charge in [0.05, 0.1) is 5.60 Å². The van der Waals surface area contributed by atoms with Crippen LogP contribution in [0.4, 0.5) is 38.2 Å². The lowest BCUT2D eigenvalue weighted by molar-refractivity contribution is -0.138. The maximum atomic E-state index is 14.3. The van der Waals surface area contributed by atoms with Crippen LogP contribution in [0.2, 0.25) is 0 Å². The highest BCUT2D eigenvalue weighted by atomic mass is 19.4. The molecule has 0 saturated carbocycles. The average Bonchev–Trinajstić information content (AvgIpc) is 2.56. The number of rotatable bonds is 5. The van der Waals surface area contributed by atoms with Crippen molar-refractivity contribution < 1.29 is 36.3 Å². The van der Waals surface area contributed by atoms with Crippen molar-refractivity contribution in [2.45, 2.75) is 70.4 Å². The van der Waals surface area contributed by atoms with Gasteiger partial charge in [0.1, 0.15) is 11.9 Å². The fourth-order valence-electron chi connectivity index (χ4n) is 2.21. The Morgan fingerprint density at radius 3 is 2.28 bits per heavy atom. The second-order valence-corrected chi connectivity index (χ2v) is 7.52. The summed E-state index contributed by atoms with van der Waals surface area (Å²) >= 11 is 0. The highest BCUT2D eigenvalue weighted by Crippen LogP contribution is 2.41. The summed E-state index contributed by atoms with van der Waals surface area (Å²) in [5, 5.41) is 11.5. The van der Waals surface area contributed by atoms with Crippen molar-refractivity contribution in [1.82, 2.24) is 15.0 Å². The topological polar surface area (TPSA) is 92.2 Å². The van der Waals surface area contributed by atoms with Crippen molar-refractivity contribution in [3.05, 3.63) is 11.7 Å². The van der Waals surface area contributed by atoms with E-state index in [1.165, 1.54) is 0 Å². The molecule has 0 aliphatic heterocycles. The maximum absolute atomic E-state index is 14.3. The second-order valence-electron chi connectivity index (χ2n) is 7.52. The normalized spacial score (nSPS) is 21.1. The molecular weight excluding hydrogens is 408 g/mol. The summed E-state index contributed by atoms with van der Waals surface area (Å²) in [6, 6.07) is -2.06. The predicted molar refractivity (Wildman–Crippen MR) is 91.6 cm³/mol. The first-order valence-corrected chi connectivity index (χ1v) is 8.58. The monoisotopic (exact) mass is 429 g/mol. The van der Waals surface area contributed by atoms with Gasteiger partial charge >= 0.3 is 6.18 Å². The minimum atomic E-state index is -4.63. The number of nitrogens with one attached hydrogen (secondary N) is 2. The Hall–Kier alpha value is -2.15. The predicted octanol–water partition coefficient (Wildman–Crippen LogP) is 3.85. The molecule has 0 spiro atoms. The van der Waals surface area contributed by atoms with Gasteiger partial charge in [0.25, 0.3) is 11.9 Å². The first-order valence-electron chi connectivity index (χ1n) is 8.58. The molecule has 0 fully saturated rings. The molecule has 0 saturated heterocycles. The summed E-state index contributed by atoms with van der Waals surface area (Å²) in [7, 11) is 0. The van der Waals surface area contributed by atoms with Crippen LogP contribution in [0.1, 0.15) is 46.4 Å². The third-order valence-electron chi connectivity index (χ3n) is 3.83. The zero-order chi connectivity index (χ0) is 22.2. The minimum Gasteiger partial charge on any atom is -0.380 e. The first-order chi connectivity index (χ1) is 13.1. The van der Waals surface area contributed by atoms with Gasteiger partial charge in [-0.25, -0.2) is 18.7 Å². The molecule has 0 bridgehead atoms. The molecule has 13 heteroatoms. The van der Waals surface area contributed by atoms with Crippen molar-refractivity contribution in [3.63, 3.8) is 0 Å². The van der Waals surface area contributed by atoms with E-state index in [1.807, 2.05) is 5.32 Å². The molecule has 2 rings (SSSR count). The van der Waals surface area contributed by atoms with E-state index in [0.717, 1.165) is 6.92 Å². The molecule has 1 aliphatic carbocycles. The molecule has 3 N–H and O–H groups in total. The smallest absolute Gasteiger partial charge is 0.380 e. The van der Waals surface area contributed by atoms with E-state index in [1.54, 1.807) is 20.8 Å². The van der Waals surface area contributed by atoms with E-state index < -0.39 is 65.9 Å². The number of aromatic nitrogens is 3. The van der Waals surface area contributed by atoms with E-state index >= 15 is 0 Å². The maximum Gasteiger partial charge on any atom is 0.408 e. The summed E-state index contributed by atoms with van der Waals surface area (Å²) in [5.41, 5.74) is 1.13. The van der Waals surface area contributed by atoms with E-state index in [0.29, 0.717) is 0 Å². The Bertz CT molecular complexity index is 778. The number of aliphatic hydroxyl groups is 1. The van der Waals surface area contributed by atoms with Crippen LogP contribution < -0.4 is 10.8 Å². The van der Waals surface area contributed by atoms with Crippen LogP contribution in [0.15, 0.2) is 5.83 Å².